The number of guanidine groups is 1. The minimum atomic E-state index is -4.59. The van der Waals surface area contributed by atoms with E-state index in [0.717, 1.165) is 38.1 Å². The number of ether oxygens (including phenoxy) is 1. The van der Waals surface area contributed by atoms with Crippen molar-refractivity contribution in [1.29, 1.82) is 0 Å². The lowest BCUT2D eigenvalue weighted by molar-refractivity contribution is -0.136. The fourth-order valence-corrected chi connectivity index (χ4v) is 3.17. The second-order valence-electron chi connectivity index (χ2n) is 6.56. The van der Waals surface area contributed by atoms with Gasteiger partial charge in [-0.25, -0.2) is 0 Å². The first-order valence-electron chi connectivity index (χ1n) is 8.93. The number of hydrogen-bond donors (Lipinski definition) is 3. The summed E-state index contributed by atoms with van der Waals surface area (Å²) in [6, 6.07) is 3.54. The molecule has 168 valence electrons. The molecule has 0 unspecified atom stereocenters. The zero-order valence-electron chi connectivity index (χ0n) is 16.2. The predicted octanol–water partition coefficient (Wildman–Crippen LogP) is 3.18. The number of aromatic nitrogens is 1. The molecule has 1 saturated heterocycles. The molecule has 0 saturated carbocycles. The number of aliphatic imine (C=N–C) groups is 1. The molecule has 1 fully saturated rings. The zero-order valence-corrected chi connectivity index (χ0v) is 17.8. The average molecular weight is 470 g/mol. The van der Waals surface area contributed by atoms with Crippen LogP contribution in [0.1, 0.15) is 28.9 Å². The van der Waals surface area contributed by atoms with Gasteiger partial charge in [-0.2, -0.15) is 18.2 Å². The summed E-state index contributed by atoms with van der Waals surface area (Å²) < 4.78 is 46.1. The second kappa shape index (κ2) is 10.7. The van der Waals surface area contributed by atoms with Crippen LogP contribution in [-0.4, -0.2) is 55.0 Å². The third-order valence-corrected chi connectivity index (χ3v) is 4.60. The minimum Gasteiger partial charge on any atom is -0.492 e. The minimum absolute atomic E-state index is 0. The Hall–Kier alpha value is -2.17. The van der Waals surface area contributed by atoms with E-state index in [9.17, 15) is 18.0 Å². The molecule has 3 rings (SSSR count). The maximum atomic E-state index is 13.5. The van der Waals surface area contributed by atoms with Crippen LogP contribution in [0.4, 0.5) is 13.2 Å². The van der Waals surface area contributed by atoms with E-state index in [1.54, 1.807) is 0 Å². The number of alkyl halides is 3. The largest absolute Gasteiger partial charge is 0.492 e. The highest BCUT2D eigenvalue weighted by atomic mass is 35.5. The molecule has 1 amide bonds. The molecular weight excluding hydrogens is 446 g/mol. The molecule has 1 aliphatic heterocycles. The van der Waals surface area contributed by atoms with E-state index in [-0.39, 0.29) is 59.7 Å². The average Bonchev–Trinajstić information content (AvgIpc) is 3.29. The first kappa shape index (κ1) is 25.9. The monoisotopic (exact) mass is 469 g/mol. The van der Waals surface area contributed by atoms with Gasteiger partial charge in [0.15, 0.2) is 5.96 Å². The summed E-state index contributed by atoms with van der Waals surface area (Å²) in [5.41, 5.74) is 4.62. The molecule has 4 N–H and O–H groups in total. The van der Waals surface area contributed by atoms with Crippen LogP contribution in [0, 0.1) is 0 Å². The van der Waals surface area contributed by atoms with E-state index in [1.807, 2.05) is 0 Å². The number of aromatic amines is 1. The lowest BCUT2D eigenvalue weighted by Crippen LogP contribution is -2.28. The zero-order chi connectivity index (χ0) is 20.3. The summed E-state index contributed by atoms with van der Waals surface area (Å²) in [5.74, 6) is -0.809. The van der Waals surface area contributed by atoms with Gasteiger partial charge in [-0.15, -0.1) is 24.8 Å². The normalized spacial score (nSPS) is 14.9. The molecule has 2 aromatic rings. The Morgan fingerprint density at radius 2 is 1.93 bits per heavy atom. The molecule has 2 heterocycles. The summed E-state index contributed by atoms with van der Waals surface area (Å²) in [6.07, 6.45) is -2.34. The molecule has 1 aromatic carbocycles. The lowest BCUT2D eigenvalue weighted by Gasteiger charge is -2.16. The van der Waals surface area contributed by atoms with Gasteiger partial charge in [-0.1, -0.05) is 0 Å². The van der Waals surface area contributed by atoms with Crippen molar-refractivity contribution < 1.29 is 22.7 Å². The van der Waals surface area contributed by atoms with E-state index in [0.29, 0.717) is 6.54 Å². The van der Waals surface area contributed by atoms with Gasteiger partial charge in [0.1, 0.15) is 18.1 Å². The number of H-pyrrole nitrogens is 1. The summed E-state index contributed by atoms with van der Waals surface area (Å²) in [4.78, 5) is 20.5. The van der Waals surface area contributed by atoms with Gasteiger partial charge < -0.3 is 20.8 Å². The number of hydrogen-bond acceptors (Lipinski definition) is 3. The number of nitrogens with zero attached hydrogens (tertiary/aromatic N) is 2. The van der Waals surface area contributed by atoms with E-state index in [1.165, 1.54) is 13.1 Å². The Balaban J connectivity index is 0.00000225. The van der Waals surface area contributed by atoms with Crippen LogP contribution in [0.2, 0.25) is 0 Å². The lowest BCUT2D eigenvalue weighted by atomic mass is 10.1. The van der Waals surface area contributed by atoms with Crippen molar-refractivity contribution in [2.75, 3.05) is 33.3 Å². The number of carbonyl (C=O) groups is 1. The van der Waals surface area contributed by atoms with Crippen LogP contribution in [0.25, 0.3) is 10.9 Å². The van der Waals surface area contributed by atoms with Gasteiger partial charge in [0, 0.05) is 25.0 Å². The fourth-order valence-electron chi connectivity index (χ4n) is 3.17. The van der Waals surface area contributed by atoms with Crippen molar-refractivity contribution in [2.45, 2.75) is 19.0 Å². The summed E-state index contributed by atoms with van der Waals surface area (Å²) in [7, 11) is 1.48. The Bertz CT molecular complexity index is 896. The first-order valence-corrected chi connectivity index (χ1v) is 8.93. The highest BCUT2D eigenvalue weighted by Crippen LogP contribution is 2.38. The molecule has 30 heavy (non-hydrogen) atoms. The molecule has 0 radical (unpaired) electrons. The van der Waals surface area contributed by atoms with Gasteiger partial charge in [0.25, 0.3) is 5.91 Å². The van der Waals surface area contributed by atoms with Crippen LogP contribution in [0.15, 0.2) is 23.2 Å². The van der Waals surface area contributed by atoms with Crippen molar-refractivity contribution in [1.82, 2.24) is 15.2 Å². The van der Waals surface area contributed by atoms with Crippen LogP contribution >= 0.6 is 24.8 Å². The molecule has 0 spiro atoms. The number of nitrogens with one attached hydrogen (secondary N) is 2. The summed E-state index contributed by atoms with van der Waals surface area (Å²) in [5, 5.41) is 2.36. The van der Waals surface area contributed by atoms with Crippen molar-refractivity contribution in [2.24, 2.45) is 10.7 Å². The van der Waals surface area contributed by atoms with Crippen LogP contribution < -0.4 is 15.8 Å². The van der Waals surface area contributed by atoms with E-state index >= 15 is 0 Å². The van der Waals surface area contributed by atoms with Crippen molar-refractivity contribution in [3.05, 3.63) is 29.5 Å². The molecule has 1 aliphatic rings. The van der Waals surface area contributed by atoms with E-state index in [4.69, 9.17) is 10.5 Å². The SMILES string of the molecule is CNC(N)=NC(=O)c1cc2c(C(F)(F)F)cc(OCCN3CCCC3)cc2[nH]1.Cl.Cl. The van der Waals surface area contributed by atoms with Crippen molar-refractivity contribution in [3.8, 4) is 5.75 Å². The molecule has 0 atom stereocenters. The number of nitrogens with two attached hydrogens (primary N) is 1. The number of fused-ring (bicyclic) bond motifs is 1. The van der Waals surface area contributed by atoms with Crippen molar-refractivity contribution in [3.63, 3.8) is 0 Å². The first-order chi connectivity index (χ1) is 13.3. The topological polar surface area (TPSA) is 95.7 Å². The Labute approximate surface area is 184 Å². The molecule has 0 bridgehead atoms. The maximum Gasteiger partial charge on any atom is 0.417 e. The van der Waals surface area contributed by atoms with Crippen molar-refractivity contribution >= 4 is 47.6 Å². The number of benzene rings is 1. The summed E-state index contributed by atoms with van der Waals surface area (Å²) in [6.45, 7) is 2.91. The number of rotatable bonds is 5. The third-order valence-electron chi connectivity index (χ3n) is 4.60. The standard InChI is InChI=1S/C18H22F3N5O2.2ClH/c1-23-17(22)25-16(27)15-10-12-13(18(19,20)21)8-11(9-14(12)24-15)28-7-6-26-4-2-3-5-26;;/h8-10,24H,2-7H2,1H3,(H3,22,23,25,27);2*1H. The van der Waals surface area contributed by atoms with E-state index in [2.05, 4.69) is 20.2 Å². The molecular formula is C18H24Cl2F3N5O2. The second-order valence-corrected chi connectivity index (χ2v) is 6.56. The Morgan fingerprint density at radius 1 is 1.27 bits per heavy atom. The maximum absolute atomic E-state index is 13.5. The van der Waals surface area contributed by atoms with Crippen LogP contribution in [0.5, 0.6) is 5.75 Å². The smallest absolute Gasteiger partial charge is 0.417 e. The highest BCUT2D eigenvalue weighted by molar-refractivity contribution is 6.04. The van der Waals surface area contributed by atoms with Gasteiger partial charge in [-0.05, 0) is 38.1 Å². The molecule has 12 heteroatoms. The van der Waals surface area contributed by atoms with E-state index < -0.39 is 17.6 Å². The highest BCUT2D eigenvalue weighted by Gasteiger charge is 2.34. The molecule has 1 aromatic heterocycles. The van der Waals surface area contributed by atoms with Crippen LogP contribution in [0.3, 0.4) is 0 Å². The van der Waals surface area contributed by atoms with Gasteiger partial charge in [-0.3, -0.25) is 9.69 Å². The fraction of sp³-hybridized carbons (Fsp3) is 0.444. The van der Waals surface area contributed by atoms with Gasteiger partial charge in [0.05, 0.1) is 11.1 Å². The number of amides is 1. The molecule has 0 aliphatic carbocycles. The number of halogens is 5. The Kier molecular flexibility index (Phi) is 9.26. The quantitative estimate of drug-likeness (QED) is 0.461. The number of carbonyl (C=O) groups excluding carboxylic acids is 1. The van der Waals surface area contributed by atoms with Gasteiger partial charge in [0.2, 0.25) is 0 Å². The van der Waals surface area contributed by atoms with Gasteiger partial charge >= 0.3 is 6.18 Å². The predicted molar refractivity (Wildman–Crippen MR) is 114 cm³/mol. The summed E-state index contributed by atoms with van der Waals surface area (Å²) >= 11 is 0. The Morgan fingerprint density at radius 3 is 2.53 bits per heavy atom. The van der Waals surface area contributed by atoms with Crippen LogP contribution in [-0.2, 0) is 6.18 Å². The molecule has 7 nitrogen and oxygen atoms in total. The number of likely N-dealkylation sites (tertiary alicyclic amines) is 1. The third kappa shape index (κ3) is 6.16.